The number of benzene rings is 2. The SMILES string of the molecule is Cc1ccc2c(OCCN3CCC(=Cc4cccc(N5CCN[C@@H](C)C5)c4)CC3)cccc2n1. The molecule has 3 heterocycles. The van der Waals surface area contributed by atoms with Gasteiger partial charge in [0.1, 0.15) is 12.4 Å². The van der Waals surface area contributed by atoms with E-state index >= 15 is 0 Å². The molecule has 0 spiro atoms. The van der Waals surface area contributed by atoms with Gasteiger partial charge in [-0.15, -0.1) is 0 Å². The highest BCUT2D eigenvalue weighted by Crippen LogP contribution is 2.25. The van der Waals surface area contributed by atoms with E-state index in [1.165, 1.54) is 11.3 Å². The monoisotopic (exact) mass is 456 g/mol. The van der Waals surface area contributed by atoms with E-state index in [1.807, 2.05) is 31.2 Å². The van der Waals surface area contributed by atoms with E-state index in [4.69, 9.17) is 4.74 Å². The lowest BCUT2D eigenvalue weighted by Gasteiger charge is -2.33. The molecule has 2 aliphatic heterocycles. The Morgan fingerprint density at radius 2 is 1.91 bits per heavy atom. The fraction of sp³-hybridized carbons (Fsp3) is 0.414. The van der Waals surface area contributed by atoms with Crippen molar-refractivity contribution >= 4 is 22.7 Å². The number of nitrogens with zero attached hydrogens (tertiary/aromatic N) is 3. The number of ether oxygens (including phenoxy) is 1. The van der Waals surface area contributed by atoms with Gasteiger partial charge in [0, 0.05) is 62.1 Å². The first-order valence-electron chi connectivity index (χ1n) is 12.6. The first-order valence-corrected chi connectivity index (χ1v) is 12.6. The Bertz CT molecular complexity index is 1150. The van der Waals surface area contributed by atoms with Crippen LogP contribution in [-0.2, 0) is 0 Å². The zero-order valence-corrected chi connectivity index (χ0v) is 20.5. The number of anilines is 1. The van der Waals surface area contributed by atoms with Crippen LogP contribution in [0.5, 0.6) is 5.75 Å². The smallest absolute Gasteiger partial charge is 0.128 e. The maximum Gasteiger partial charge on any atom is 0.128 e. The van der Waals surface area contributed by atoms with Gasteiger partial charge in [-0.2, -0.15) is 0 Å². The molecule has 2 saturated heterocycles. The van der Waals surface area contributed by atoms with Gasteiger partial charge in [-0.3, -0.25) is 9.88 Å². The predicted molar refractivity (Wildman–Crippen MR) is 142 cm³/mol. The van der Waals surface area contributed by atoms with Crippen LogP contribution >= 0.6 is 0 Å². The summed E-state index contributed by atoms with van der Waals surface area (Å²) in [6.45, 7) is 11.4. The van der Waals surface area contributed by atoms with E-state index in [1.54, 1.807) is 5.57 Å². The second-order valence-corrected chi connectivity index (χ2v) is 9.66. The van der Waals surface area contributed by atoms with E-state index in [-0.39, 0.29) is 0 Å². The Balaban J connectivity index is 1.13. The number of likely N-dealkylation sites (tertiary alicyclic amines) is 1. The van der Waals surface area contributed by atoms with E-state index in [0.717, 1.165) is 74.5 Å². The van der Waals surface area contributed by atoms with Crippen molar-refractivity contribution in [1.29, 1.82) is 0 Å². The minimum Gasteiger partial charge on any atom is -0.492 e. The average Bonchev–Trinajstić information content (AvgIpc) is 2.85. The molecule has 0 saturated carbocycles. The number of piperazine rings is 1. The van der Waals surface area contributed by atoms with E-state index in [2.05, 4.69) is 63.4 Å². The molecule has 0 unspecified atom stereocenters. The van der Waals surface area contributed by atoms with Crippen molar-refractivity contribution in [2.24, 2.45) is 0 Å². The van der Waals surface area contributed by atoms with Crippen LogP contribution in [0.1, 0.15) is 31.0 Å². The Kier molecular flexibility index (Phi) is 7.12. The largest absolute Gasteiger partial charge is 0.492 e. The number of nitrogens with one attached hydrogen (secondary N) is 1. The van der Waals surface area contributed by atoms with Gasteiger partial charge in [0.15, 0.2) is 0 Å². The van der Waals surface area contributed by atoms with Gasteiger partial charge in [-0.25, -0.2) is 0 Å². The molecular weight excluding hydrogens is 420 g/mol. The minimum absolute atomic E-state index is 0.547. The van der Waals surface area contributed by atoms with E-state index in [0.29, 0.717) is 12.6 Å². The topological polar surface area (TPSA) is 40.6 Å². The van der Waals surface area contributed by atoms with Gasteiger partial charge in [-0.05, 0) is 68.7 Å². The lowest BCUT2D eigenvalue weighted by Crippen LogP contribution is -2.49. The highest BCUT2D eigenvalue weighted by atomic mass is 16.5. The van der Waals surface area contributed by atoms with E-state index < -0.39 is 0 Å². The molecule has 1 atom stereocenters. The fourth-order valence-electron chi connectivity index (χ4n) is 5.06. The number of aromatic nitrogens is 1. The van der Waals surface area contributed by atoms with Crippen molar-refractivity contribution in [3.05, 3.63) is 71.4 Å². The zero-order chi connectivity index (χ0) is 23.3. The third-order valence-electron chi connectivity index (χ3n) is 6.97. The second-order valence-electron chi connectivity index (χ2n) is 9.66. The number of fused-ring (bicyclic) bond motifs is 1. The Morgan fingerprint density at radius 3 is 2.76 bits per heavy atom. The molecule has 2 aromatic carbocycles. The van der Waals surface area contributed by atoms with Crippen molar-refractivity contribution in [3.63, 3.8) is 0 Å². The van der Waals surface area contributed by atoms with Crippen LogP contribution in [-0.4, -0.2) is 61.8 Å². The standard InChI is InChI=1S/C29H36N4O/c1-22-9-10-27-28(31-22)7-4-8-29(27)34-18-17-32-14-11-24(12-15-32)19-25-5-3-6-26(20-25)33-16-13-30-23(2)21-33/h3-10,19-20,23,30H,11-18,21H2,1-2H3/t23-/m0/s1. The average molecular weight is 457 g/mol. The summed E-state index contributed by atoms with van der Waals surface area (Å²) in [4.78, 5) is 9.63. The molecule has 178 valence electrons. The zero-order valence-electron chi connectivity index (χ0n) is 20.5. The lowest BCUT2D eigenvalue weighted by atomic mass is 10.0. The number of pyridine rings is 1. The molecule has 3 aromatic rings. The summed E-state index contributed by atoms with van der Waals surface area (Å²) < 4.78 is 6.16. The number of hydrogen-bond donors (Lipinski definition) is 1. The molecular formula is C29H36N4O. The maximum absolute atomic E-state index is 6.16. The predicted octanol–water partition coefficient (Wildman–Crippen LogP) is 4.90. The van der Waals surface area contributed by atoms with Gasteiger partial charge in [0.25, 0.3) is 0 Å². The van der Waals surface area contributed by atoms with Crippen LogP contribution in [0, 0.1) is 6.92 Å². The molecule has 2 fully saturated rings. The van der Waals surface area contributed by atoms with Crippen molar-refractivity contribution in [1.82, 2.24) is 15.2 Å². The normalized spacial score (nSPS) is 19.4. The minimum atomic E-state index is 0.547. The first-order chi connectivity index (χ1) is 16.6. The van der Waals surface area contributed by atoms with E-state index in [9.17, 15) is 0 Å². The molecule has 1 N–H and O–H groups in total. The fourth-order valence-corrected chi connectivity index (χ4v) is 5.06. The van der Waals surface area contributed by atoms with Crippen LogP contribution in [0.15, 0.2) is 60.2 Å². The van der Waals surface area contributed by atoms with Crippen LogP contribution in [0.25, 0.3) is 17.0 Å². The van der Waals surface area contributed by atoms with Gasteiger partial charge in [0.2, 0.25) is 0 Å². The summed E-state index contributed by atoms with van der Waals surface area (Å²) in [6, 6.07) is 19.9. The molecule has 0 radical (unpaired) electrons. The van der Waals surface area contributed by atoms with Crippen LogP contribution in [0.2, 0.25) is 0 Å². The third-order valence-corrected chi connectivity index (χ3v) is 6.97. The van der Waals surface area contributed by atoms with Gasteiger partial charge in [-0.1, -0.05) is 29.8 Å². The molecule has 0 amide bonds. The third kappa shape index (κ3) is 5.60. The van der Waals surface area contributed by atoms with Crippen molar-refractivity contribution < 1.29 is 4.74 Å². The highest BCUT2D eigenvalue weighted by molar-refractivity contribution is 5.85. The maximum atomic E-state index is 6.16. The number of rotatable bonds is 6. The van der Waals surface area contributed by atoms with Gasteiger partial charge < -0.3 is 15.0 Å². The summed E-state index contributed by atoms with van der Waals surface area (Å²) in [5.74, 6) is 0.932. The van der Waals surface area contributed by atoms with Gasteiger partial charge in [0.05, 0.1) is 5.52 Å². The second kappa shape index (κ2) is 10.6. The molecule has 0 bridgehead atoms. The van der Waals surface area contributed by atoms with Crippen LogP contribution in [0.3, 0.4) is 0 Å². The Hall–Kier alpha value is -2.89. The summed E-state index contributed by atoms with van der Waals surface area (Å²) >= 11 is 0. The number of aryl methyl sites for hydroxylation is 1. The molecule has 34 heavy (non-hydrogen) atoms. The summed E-state index contributed by atoms with van der Waals surface area (Å²) in [6.07, 6.45) is 4.67. The molecule has 0 aliphatic carbocycles. The number of hydrogen-bond acceptors (Lipinski definition) is 5. The van der Waals surface area contributed by atoms with Crippen molar-refractivity contribution in [2.45, 2.75) is 32.7 Å². The summed E-state index contributed by atoms with van der Waals surface area (Å²) in [7, 11) is 0. The van der Waals surface area contributed by atoms with Crippen LogP contribution < -0.4 is 15.0 Å². The Labute approximate surface area is 203 Å². The molecule has 5 heteroatoms. The first kappa shape index (κ1) is 22.9. The van der Waals surface area contributed by atoms with Crippen LogP contribution in [0.4, 0.5) is 5.69 Å². The highest BCUT2D eigenvalue weighted by Gasteiger charge is 2.17. The molecule has 5 nitrogen and oxygen atoms in total. The van der Waals surface area contributed by atoms with Gasteiger partial charge >= 0.3 is 0 Å². The lowest BCUT2D eigenvalue weighted by molar-refractivity contribution is 0.200. The summed E-state index contributed by atoms with van der Waals surface area (Å²) in [5.41, 5.74) is 6.26. The molecule has 1 aromatic heterocycles. The van der Waals surface area contributed by atoms with Crippen molar-refractivity contribution in [2.75, 3.05) is 50.8 Å². The molecule has 5 rings (SSSR count). The van der Waals surface area contributed by atoms with Crippen molar-refractivity contribution in [3.8, 4) is 5.75 Å². The molecule has 2 aliphatic rings. The summed E-state index contributed by atoms with van der Waals surface area (Å²) in [5, 5.41) is 4.62. The quantitative estimate of drug-likeness (QED) is 0.571. The number of piperidine rings is 1. The Morgan fingerprint density at radius 1 is 1.06 bits per heavy atom.